The van der Waals surface area contributed by atoms with Crippen molar-refractivity contribution in [3.05, 3.63) is 77.1 Å². The van der Waals surface area contributed by atoms with Gasteiger partial charge in [0.2, 0.25) is 5.91 Å². The van der Waals surface area contributed by atoms with Gasteiger partial charge in [-0.05, 0) is 105 Å². The van der Waals surface area contributed by atoms with Crippen LogP contribution in [-0.2, 0) is 17.8 Å². The van der Waals surface area contributed by atoms with Crippen molar-refractivity contribution in [1.82, 2.24) is 29.9 Å². The van der Waals surface area contributed by atoms with Crippen molar-refractivity contribution in [3.63, 3.8) is 0 Å². The van der Waals surface area contributed by atoms with Crippen LogP contribution in [0.3, 0.4) is 0 Å². The summed E-state index contributed by atoms with van der Waals surface area (Å²) in [6.07, 6.45) is 16.0. The Morgan fingerprint density at radius 3 is 2.33 bits per heavy atom. The number of carbonyl (C=O) groups excluding carboxylic acids is 2. The highest BCUT2D eigenvalue weighted by Gasteiger charge is 2.44. The Balaban J connectivity index is 1.11. The van der Waals surface area contributed by atoms with Gasteiger partial charge in [-0.25, -0.2) is 9.37 Å². The van der Waals surface area contributed by atoms with Gasteiger partial charge in [0.05, 0.1) is 11.6 Å². The minimum atomic E-state index is -0.427. The topological polar surface area (TPSA) is 95.4 Å². The third-order valence-corrected chi connectivity index (χ3v) is 11.5. The summed E-state index contributed by atoms with van der Waals surface area (Å²) in [6.45, 7) is 2.38. The van der Waals surface area contributed by atoms with Crippen molar-refractivity contribution in [2.24, 2.45) is 11.3 Å². The van der Waals surface area contributed by atoms with E-state index in [-0.39, 0.29) is 35.4 Å². The molecule has 3 aliphatic rings. The molecule has 3 fully saturated rings. The molecule has 1 aliphatic heterocycles. The first-order valence-corrected chi connectivity index (χ1v) is 18.5. The quantitative estimate of drug-likeness (QED) is 0.236. The smallest absolute Gasteiger partial charge is 0.255 e. The van der Waals surface area contributed by atoms with Gasteiger partial charge in [0.1, 0.15) is 18.5 Å². The summed E-state index contributed by atoms with van der Waals surface area (Å²) in [5, 5.41) is 12.5. The lowest BCUT2D eigenvalue weighted by Crippen LogP contribution is -2.55. The Bertz CT molecular complexity index is 1530. The number of likely N-dealkylation sites (tertiary alicyclic amines) is 1. The normalized spacial score (nSPS) is 22.0. The Morgan fingerprint density at radius 2 is 1.67 bits per heavy atom. The maximum Gasteiger partial charge on any atom is 0.255 e. The molecule has 6 rings (SSSR count). The van der Waals surface area contributed by atoms with Crippen LogP contribution in [0.25, 0.3) is 0 Å². The number of hydrogen-bond acceptors (Lipinski definition) is 6. The molecule has 0 spiro atoms. The van der Waals surface area contributed by atoms with Crippen LogP contribution in [0.5, 0.6) is 0 Å². The summed E-state index contributed by atoms with van der Waals surface area (Å²) >= 11 is 6.20. The molecule has 9 nitrogen and oxygen atoms in total. The first-order valence-electron chi connectivity index (χ1n) is 18.1. The Hall–Kier alpha value is -3.50. The summed E-state index contributed by atoms with van der Waals surface area (Å²) in [4.78, 5) is 34.9. The fraction of sp³-hybridized carbons (Fsp3) is 0.579. The van der Waals surface area contributed by atoms with Crippen molar-refractivity contribution in [3.8, 4) is 0 Å². The van der Waals surface area contributed by atoms with Crippen molar-refractivity contribution in [2.45, 2.75) is 102 Å². The Morgan fingerprint density at radius 1 is 0.980 bits per heavy atom. The predicted octanol–water partition coefficient (Wildman–Crippen LogP) is 6.59. The molecule has 264 valence electrons. The molecule has 49 heavy (non-hydrogen) atoms. The van der Waals surface area contributed by atoms with Crippen molar-refractivity contribution >= 4 is 29.1 Å². The summed E-state index contributed by atoms with van der Waals surface area (Å²) in [7, 11) is 3.34. The highest BCUT2D eigenvalue weighted by molar-refractivity contribution is 6.30. The largest absolute Gasteiger partial charge is 0.382 e. The molecular formula is C38H51ClFN7O2. The van der Waals surface area contributed by atoms with Gasteiger partial charge in [-0.2, -0.15) is 5.10 Å². The average Bonchev–Trinajstić information content (AvgIpc) is 3.63. The molecule has 2 saturated carbocycles. The molecular weight excluding hydrogens is 641 g/mol. The maximum absolute atomic E-state index is 14.4. The van der Waals surface area contributed by atoms with E-state index in [0.717, 1.165) is 63.7 Å². The van der Waals surface area contributed by atoms with E-state index in [9.17, 15) is 14.0 Å². The van der Waals surface area contributed by atoms with Crippen molar-refractivity contribution in [2.75, 3.05) is 32.5 Å². The maximum atomic E-state index is 14.4. The molecule has 0 bridgehead atoms. The predicted molar refractivity (Wildman–Crippen MR) is 191 cm³/mol. The second-order valence-corrected chi connectivity index (χ2v) is 15.2. The van der Waals surface area contributed by atoms with Gasteiger partial charge in [0.25, 0.3) is 5.91 Å². The Labute approximate surface area is 295 Å². The monoisotopic (exact) mass is 691 g/mol. The van der Waals surface area contributed by atoms with Crippen molar-refractivity contribution < 1.29 is 14.0 Å². The van der Waals surface area contributed by atoms with Crippen LogP contribution in [0.1, 0.15) is 86.6 Å². The van der Waals surface area contributed by atoms with E-state index in [4.69, 9.17) is 11.6 Å². The van der Waals surface area contributed by atoms with Gasteiger partial charge in [0.15, 0.2) is 0 Å². The lowest BCUT2D eigenvalue weighted by Gasteiger charge is -2.48. The molecule has 1 saturated heterocycles. The van der Waals surface area contributed by atoms with Crippen LogP contribution in [0.2, 0.25) is 5.02 Å². The van der Waals surface area contributed by atoms with E-state index in [1.807, 2.05) is 35.3 Å². The number of rotatable bonds is 11. The fourth-order valence-corrected chi connectivity index (χ4v) is 8.61. The number of nitrogens with one attached hydrogen (secondary N) is 2. The van der Waals surface area contributed by atoms with E-state index < -0.39 is 5.82 Å². The number of aromatic nitrogens is 3. The SMILES string of the molecule is CN(C)C(=O)c1cc(F)ccc1N[C@H]1CC[C@@H](N[C@H](Cc2ccc(Cl)cc2)C(=O)N2CCC(Cn3cncn3)(C3CCCCC3)CC2)CC1. The third kappa shape index (κ3) is 8.81. The van der Waals surface area contributed by atoms with Gasteiger partial charge in [-0.3, -0.25) is 14.3 Å². The number of amides is 2. The molecule has 2 aliphatic carbocycles. The summed E-state index contributed by atoms with van der Waals surface area (Å²) in [5.41, 5.74) is 2.22. The lowest BCUT2D eigenvalue weighted by atomic mass is 9.63. The minimum absolute atomic E-state index is 0.136. The standard InChI is InChI=1S/C38H51ClFN7O2/c1-45(2)36(48)33-23-30(40)12-17-34(33)43-31-13-15-32(16-14-31)44-35(22-27-8-10-29(39)11-9-27)37(49)46-20-18-38(19-21-46,24-47-26-41-25-42-47)28-6-4-3-5-7-28/h8-12,17,23,25-26,28,31-32,35,43-44H,3-7,13-16,18-22,24H2,1-2H3/t31-,32+,35-/m1/s1. The average molecular weight is 692 g/mol. The Kier molecular flexibility index (Phi) is 11.6. The molecule has 1 aromatic heterocycles. The van der Waals surface area contributed by atoms with Gasteiger partial charge >= 0.3 is 0 Å². The first kappa shape index (κ1) is 35.3. The molecule has 3 aromatic rings. The van der Waals surface area contributed by atoms with Gasteiger partial charge in [-0.15, -0.1) is 0 Å². The third-order valence-electron chi connectivity index (χ3n) is 11.3. The number of benzene rings is 2. The summed E-state index contributed by atoms with van der Waals surface area (Å²) in [6, 6.07) is 12.2. The van der Waals surface area contributed by atoms with Crippen LogP contribution in [-0.4, -0.2) is 81.7 Å². The van der Waals surface area contributed by atoms with E-state index in [1.54, 1.807) is 26.5 Å². The number of nitrogens with zero attached hydrogens (tertiary/aromatic N) is 5. The van der Waals surface area contributed by atoms with Crippen LogP contribution < -0.4 is 10.6 Å². The highest BCUT2D eigenvalue weighted by Crippen LogP contribution is 2.47. The fourth-order valence-electron chi connectivity index (χ4n) is 8.48. The minimum Gasteiger partial charge on any atom is -0.382 e. The molecule has 2 amide bonds. The van der Waals surface area contributed by atoms with E-state index in [1.165, 1.54) is 49.1 Å². The molecule has 1 atom stereocenters. The zero-order valence-electron chi connectivity index (χ0n) is 28.9. The second-order valence-electron chi connectivity index (χ2n) is 14.7. The summed E-state index contributed by atoms with van der Waals surface area (Å²) < 4.78 is 16.0. The molecule has 2 aromatic carbocycles. The highest BCUT2D eigenvalue weighted by atomic mass is 35.5. The van der Waals surface area contributed by atoms with Gasteiger partial charge < -0.3 is 20.4 Å². The second kappa shape index (κ2) is 16.0. The zero-order valence-corrected chi connectivity index (χ0v) is 29.7. The van der Waals surface area contributed by atoms with Crippen molar-refractivity contribution in [1.29, 1.82) is 0 Å². The molecule has 0 unspecified atom stereocenters. The van der Waals surface area contributed by atoms with E-state index in [0.29, 0.717) is 28.6 Å². The van der Waals surface area contributed by atoms with E-state index in [2.05, 4.69) is 25.6 Å². The van der Waals surface area contributed by atoms with Gasteiger partial charge in [-0.1, -0.05) is 43.0 Å². The number of carbonyl (C=O) groups is 2. The van der Waals surface area contributed by atoms with Crippen LogP contribution in [0.15, 0.2) is 55.1 Å². The zero-order chi connectivity index (χ0) is 34.4. The number of anilines is 1. The van der Waals surface area contributed by atoms with Crippen LogP contribution in [0.4, 0.5) is 10.1 Å². The number of piperidine rings is 1. The van der Waals surface area contributed by atoms with E-state index >= 15 is 0 Å². The molecule has 11 heteroatoms. The van der Waals surface area contributed by atoms with Gasteiger partial charge in [0, 0.05) is 56.5 Å². The number of hydrogen-bond donors (Lipinski definition) is 2. The summed E-state index contributed by atoms with van der Waals surface area (Å²) in [5.74, 6) is 0.171. The van der Waals surface area contributed by atoms with Crippen LogP contribution >= 0.6 is 11.6 Å². The number of halogens is 2. The lowest BCUT2D eigenvalue weighted by molar-refractivity contribution is -0.137. The molecule has 2 heterocycles. The van der Waals surface area contributed by atoms with Crippen LogP contribution in [0, 0.1) is 17.2 Å². The molecule has 0 radical (unpaired) electrons. The first-order chi connectivity index (χ1) is 23.7. The molecule has 2 N–H and O–H groups in total.